The number of rotatable bonds is 2. The molecular weight excluding hydrogens is 230 g/mol. The van der Waals surface area contributed by atoms with E-state index in [1.54, 1.807) is 24.3 Å². The van der Waals surface area contributed by atoms with Crippen LogP contribution in [0, 0.1) is 0 Å². The topological polar surface area (TPSA) is 55.7 Å². The summed E-state index contributed by atoms with van der Waals surface area (Å²) in [4.78, 5) is 26.3. The smallest absolute Gasteiger partial charge is 0.345 e. The summed E-state index contributed by atoms with van der Waals surface area (Å²) in [6, 6.07) is 5.65. The standard InChI is InChI=1S/C11H8ClNO3/c1-6(14)9-11(15)16-10(13-9)7-2-4-8(12)5-3-7/h2-5,9H,1H3. The van der Waals surface area contributed by atoms with Gasteiger partial charge >= 0.3 is 5.97 Å². The van der Waals surface area contributed by atoms with Gasteiger partial charge in [-0.1, -0.05) is 11.6 Å². The van der Waals surface area contributed by atoms with Crippen molar-refractivity contribution in [3.63, 3.8) is 0 Å². The second-order valence-corrected chi connectivity index (χ2v) is 3.81. The van der Waals surface area contributed by atoms with Gasteiger partial charge in [0, 0.05) is 10.6 Å². The molecule has 0 fully saturated rings. The maximum Gasteiger partial charge on any atom is 0.345 e. The lowest BCUT2D eigenvalue weighted by molar-refractivity contribution is -0.138. The lowest BCUT2D eigenvalue weighted by Gasteiger charge is -1.98. The van der Waals surface area contributed by atoms with Gasteiger partial charge in [-0.2, -0.15) is 0 Å². The summed E-state index contributed by atoms with van der Waals surface area (Å²) >= 11 is 5.72. The van der Waals surface area contributed by atoms with Crippen LogP contribution in [0.25, 0.3) is 0 Å². The Labute approximate surface area is 96.9 Å². The van der Waals surface area contributed by atoms with Crippen molar-refractivity contribution in [2.24, 2.45) is 4.99 Å². The fourth-order valence-electron chi connectivity index (χ4n) is 1.33. The van der Waals surface area contributed by atoms with Crippen molar-refractivity contribution in [2.75, 3.05) is 0 Å². The van der Waals surface area contributed by atoms with Gasteiger partial charge in [0.05, 0.1) is 0 Å². The van der Waals surface area contributed by atoms with Gasteiger partial charge in [-0.15, -0.1) is 0 Å². The normalized spacial score (nSPS) is 19.2. The zero-order valence-corrected chi connectivity index (χ0v) is 9.19. The quantitative estimate of drug-likeness (QED) is 0.580. The Morgan fingerprint density at radius 1 is 1.38 bits per heavy atom. The zero-order valence-electron chi connectivity index (χ0n) is 8.44. The molecule has 16 heavy (non-hydrogen) atoms. The first kappa shape index (κ1) is 10.8. The molecule has 1 heterocycles. The summed E-state index contributed by atoms with van der Waals surface area (Å²) in [7, 11) is 0. The van der Waals surface area contributed by atoms with Crippen molar-refractivity contribution in [1.82, 2.24) is 0 Å². The summed E-state index contributed by atoms with van der Waals surface area (Å²) in [6.45, 7) is 1.31. The molecule has 0 N–H and O–H groups in total. The number of ketones is 1. The lowest BCUT2D eigenvalue weighted by atomic mass is 10.2. The number of cyclic esters (lactones) is 1. The Bertz CT molecular complexity index is 479. The highest BCUT2D eigenvalue weighted by atomic mass is 35.5. The van der Waals surface area contributed by atoms with Crippen molar-refractivity contribution in [3.05, 3.63) is 34.9 Å². The number of esters is 1. The molecule has 0 aliphatic carbocycles. The Hall–Kier alpha value is -1.68. The predicted octanol–water partition coefficient (Wildman–Crippen LogP) is 1.60. The third-order valence-electron chi connectivity index (χ3n) is 2.14. The van der Waals surface area contributed by atoms with Crippen LogP contribution in [0.2, 0.25) is 5.02 Å². The number of nitrogens with zero attached hydrogens (tertiary/aromatic N) is 1. The maximum atomic E-state index is 11.3. The monoisotopic (exact) mass is 237 g/mol. The van der Waals surface area contributed by atoms with Crippen LogP contribution in [0.3, 0.4) is 0 Å². The van der Waals surface area contributed by atoms with E-state index in [0.717, 1.165) is 0 Å². The Kier molecular flexibility index (Phi) is 2.75. The third-order valence-corrected chi connectivity index (χ3v) is 2.40. The minimum Gasteiger partial charge on any atom is -0.405 e. The lowest BCUT2D eigenvalue weighted by Crippen LogP contribution is -2.22. The third kappa shape index (κ3) is 1.97. The van der Waals surface area contributed by atoms with Gasteiger partial charge < -0.3 is 4.74 Å². The van der Waals surface area contributed by atoms with Crippen molar-refractivity contribution in [1.29, 1.82) is 0 Å². The van der Waals surface area contributed by atoms with E-state index in [9.17, 15) is 9.59 Å². The number of hydrogen-bond acceptors (Lipinski definition) is 4. The molecule has 2 rings (SSSR count). The molecule has 1 aromatic carbocycles. The van der Waals surface area contributed by atoms with E-state index in [1.165, 1.54) is 6.92 Å². The van der Waals surface area contributed by atoms with Gasteiger partial charge in [-0.3, -0.25) is 4.79 Å². The predicted molar refractivity (Wildman–Crippen MR) is 58.6 cm³/mol. The molecule has 0 saturated heterocycles. The van der Waals surface area contributed by atoms with Gasteiger partial charge in [0.15, 0.2) is 5.78 Å². The van der Waals surface area contributed by atoms with Crippen LogP contribution in [-0.2, 0) is 14.3 Å². The summed E-state index contributed by atoms with van der Waals surface area (Å²) in [5.74, 6) is -0.784. The van der Waals surface area contributed by atoms with Crippen molar-refractivity contribution >= 4 is 29.3 Å². The van der Waals surface area contributed by atoms with Crippen LogP contribution in [0.4, 0.5) is 0 Å². The Morgan fingerprint density at radius 3 is 2.50 bits per heavy atom. The number of carbonyl (C=O) groups excluding carboxylic acids is 2. The highest BCUT2D eigenvalue weighted by molar-refractivity contribution is 6.30. The van der Waals surface area contributed by atoms with Crippen LogP contribution < -0.4 is 0 Å². The maximum absolute atomic E-state index is 11.3. The van der Waals surface area contributed by atoms with Crippen LogP contribution in [-0.4, -0.2) is 23.7 Å². The molecule has 1 unspecified atom stereocenters. The molecule has 1 aromatic rings. The van der Waals surface area contributed by atoms with Gasteiger partial charge in [0.25, 0.3) is 0 Å². The molecule has 4 nitrogen and oxygen atoms in total. The molecule has 0 bridgehead atoms. The first-order valence-electron chi connectivity index (χ1n) is 4.64. The molecule has 0 aromatic heterocycles. The number of benzene rings is 1. The van der Waals surface area contributed by atoms with Crippen LogP contribution in [0.15, 0.2) is 29.3 Å². The fraction of sp³-hybridized carbons (Fsp3) is 0.182. The summed E-state index contributed by atoms with van der Waals surface area (Å²) in [5.41, 5.74) is 0.626. The van der Waals surface area contributed by atoms with E-state index < -0.39 is 12.0 Å². The van der Waals surface area contributed by atoms with E-state index in [4.69, 9.17) is 16.3 Å². The van der Waals surface area contributed by atoms with Crippen LogP contribution >= 0.6 is 11.6 Å². The van der Waals surface area contributed by atoms with Gasteiger partial charge in [-0.25, -0.2) is 9.79 Å². The largest absolute Gasteiger partial charge is 0.405 e. The number of hydrogen-bond donors (Lipinski definition) is 0. The van der Waals surface area contributed by atoms with E-state index in [0.29, 0.717) is 10.6 Å². The zero-order chi connectivity index (χ0) is 11.7. The first-order chi connectivity index (χ1) is 7.58. The Balaban J connectivity index is 2.30. The highest BCUT2D eigenvalue weighted by Crippen LogP contribution is 2.16. The van der Waals surface area contributed by atoms with Gasteiger partial charge in [0.2, 0.25) is 11.9 Å². The molecule has 1 atom stereocenters. The minimum absolute atomic E-state index is 0.168. The molecule has 1 aliphatic heterocycles. The van der Waals surface area contributed by atoms with E-state index in [1.807, 2.05) is 0 Å². The molecular formula is C11H8ClNO3. The highest BCUT2D eigenvalue weighted by Gasteiger charge is 2.33. The molecule has 5 heteroatoms. The minimum atomic E-state index is -1.02. The average Bonchev–Trinajstić information content (AvgIpc) is 2.61. The van der Waals surface area contributed by atoms with Crippen molar-refractivity contribution < 1.29 is 14.3 Å². The number of aliphatic imine (C=N–C) groups is 1. The van der Waals surface area contributed by atoms with Gasteiger partial charge in [-0.05, 0) is 31.2 Å². The molecule has 82 valence electrons. The number of carbonyl (C=O) groups is 2. The molecule has 0 radical (unpaired) electrons. The van der Waals surface area contributed by atoms with Gasteiger partial charge in [0.1, 0.15) is 0 Å². The van der Waals surface area contributed by atoms with Crippen LogP contribution in [0.5, 0.6) is 0 Å². The SMILES string of the molecule is CC(=O)C1N=C(c2ccc(Cl)cc2)OC1=O. The summed E-state index contributed by atoms with van der Waals surface area (Å²) in [6.07, 6.45) is 0. The average molecular weight is 238 g/mol. The molecule has 0 amide bonds. The second-order valence-electron chi connectivity index (χ2n) is 3.38. The van der Waals surface area contributed by atoms with E-state index in [2.05, 4.69) is 4.99 Å². The number of Topliss-reactive ketones (excluding diaryl/α,β-unsaturated/α-hetero) is 1. The fourth-order valence-corrected chi connectivity index (χ4v) is 1.46. The summed E-state index contributed by atoms with van der Waals surface area (Å²) < 4.78 is 4.91. The molecule has 0 saturated carbocycles. The van der Waals surface area contributed by atoms with Crippen molar-refractivity contribution in [3.8, 4) is 0 Å². The van der Waals surface area contributed by atoms with Crippen molar-refractivity contribution in [2.45, 2.75) is 13.0 Å². The van der Waals surface area contributed by atoms with E-state index in [-0.39, 0.29) is 11.7 Å². The van der Waals surface area contributed by atoms with Crippen LogP contribution in [0.1, 0.15) is 12.5 Å². The first-order valence-corrected chi connectivity index (χ1v) is 5.01. The summed E-state index contributed by atoms with van der Waals surface area (Å²) in [5, 5.41) is 0.580. The Morgan fingerprint density at radius 2 is 2.00 bits per heavy atom. The second kappa shape index (κ2) is 4.06. The molecule has 0 spiro atoms. The molecule has 1 aliphatic rings. The number of halogens is 1. The van der Waals surface area contributed by atoms with E-state index >= 15 is 0 Å². The number of ether oxygens (including phenoxy) is 1.